The largest absolute Gasteiger partial charge is 0.375 e. The van der Waals surface area contributed by atoms with Crippen LogP contribution in [0.25, 0.3) is 0 Å². The van der Waals surface area contributed by atoms with Gasteiger partial charge >= 0.3 is 0 Å². The second kappa shape index (κ2) is 5.28. The van der Waals surface area contributed by atoms with Gasteiger partial charge in [0.05, 0.1) is 6.54 Å². The van der Waals surface area contributed by atoms with Crippen LogP contribution in [0.1, 0.15) is 12.5 Å². The fourth-order valence-corrected chi connectivity index (χ4v) is 2.32. The van der Waals surface area contributed by atoms with Crippen LogP contribution in [-0.4, -0.2) is 25.7 Å². The number of nitrogens with zero attached hydrogens (tertiary/aromatic N) is 3. The lowest BCUT2D eigenvalue weighted by Crippen LogP contribution is -2.39. The number of ketones is 1. The number of hydrogen-bond acceptors (Lipinski definition) is 4. The summed E-state index contributed by atoms with van der Waals surface area (Å²) >= 11 is 11.9. The van der Waals surface area contributed by atoms with Crippen LogP contribution >= 0.6 is 23.2 Å². The first kappa shape index (κ1) is 14.0. The van der Waals surface area contributed by atoms with E-state index in [1.54, 1.807) is 6.07 Å². The molecule has 1 N–H and O–H groups in total. The zero-order valence-corrected chi connectivity index (χ0v) is 11.6. The summed E-state index contributed by atoms with van der Waals surface area (Å²) < 4.78 is 1.37. The minimum absolute atomic E-state index is 0.0658. The molecular weight excluding hydrogens is 289 g/mol. The molecule has 1 aromatic heterocycles. The van der Waals surface area contributed by atoms with Crippen molar-refractivity contribution in [2.24, 2.45) is 0 Å². The van der Waals surface area contributed by atoms with Gasteiger partial charge in [-0.3, -0.25) is 4.79 Å². The van der Waals surface area contributed by atoms with Crippen LogP contribution in [0.2, 0.25) is 10.0 Å². The molecule has 0 fully saturated rings. The maximum absolute atomic E-state index is 11.8. The van der Waals surface area contributed by atoms with Crippen molar-refractivity contribution in [3.05, 3.63) is 46.5 Å². The first-order valence-corrected chi connectivity index (χ1v) is 6.20. The Morgan fingerprint density at radius 2 is 2.21 bits per heavy atom. The zero-order chi connectivity index (χ0) is 14.0. The minimum Gasteiger partial charge on any atom is -0.375 e. The monoisotopic (exact) mass is 299 g/mol. The standard InChI is InChI=1S/C12H11Cl2N3O2/c1-8(18)12(19,5-17-7-15-6-16-17)10-3-2-9(13)4-11(10)14/h2-4,6-7,19H,5H2,1H3. The molecule has 1 aromatic carbocycles. The third-order valence-corrected chi connectivity index (χ3v) is 3.36. The van der Waals surface area contributed by atoms with Gasteiger partial charge in [-0.25, -0.2) is 9.67 Å². The van der Waals surface area contributed by atoms with Gasteiger partial charge in [0.25, 0.3) is 0 Å². The summed E-state index contributed by atoms with van der Waals surface area (Å²) in [5.41, 5.74) is -1.48. The van der Waals surface area contributed by atoms with Crippen LogP contribution in [0.5, 0.6) is 0 Å². The molecule has 7 heteroatoms. The van der Waals surface area contributed by atoms with Gasteiger partial charge in [-0.05, 0) is 19.1 Å². The van der Waals surface area contributed by atoms with Gasteiger partial charge in [0.15, 0.2) is 11.4 Å². The second-order valence-corrected chi connectivity index (χ2v) is 4.98. The number of rotatable bonds is 4. The number of hydrogen-bond donors (Lipinski definition) is 1. The Bertz CT molecular complexity index is 601. The van der Waals surface area contributed by atoms with Gasteiger partial charge in [0.1, 0.15) is 12.7 Å². The summed E-state index contributed by atoms with van der Waals surface area (Å²) in [5.74, 6) is -0.438. The molecule has 2 aromatic rings. The van der Waals surface area contributed by atoms with Crippen LogP contribution in [0.4, 0.5) is 0 Å². The van der Waals surface area contributed by atoms with E-state index in [1.165, 1.54) is 36.4 Å². The van der Waals surface area contributed by atoms with E-state index in [9.17, 15) is 9.90 Å². The van der Waals surface area contributed by atoms with Crippen LogP contribution in [0.3, 0.4) is 0 Å². The maximum Gasteiger partial charge on any atom is 0.168 e. The van der Waals surface area contributed by atoms with E-state index in [4.69, 9.17) is 23.2 Å². The molecule has 5 nitrogen and oxygen atoms in total. The van der Waals surface area contributed by atoms with E-state index in [2.05, 4.69) is 10.1 Å². The fraction of sp³-hybridized carbons (Fsp3) is 0.250. The van der Waals surface area contributed by atoms with E-state index in [0.29, 0.717) is 10.6 Å². The summed E-state index contributed by atoms with van der Waals surface area (Å²) in [6.45, 7) is 1.23. The normalized spacial score (nSPS) is 14.1. The molecule has 0 aliphatic carbocycles. The third kappa shape index (κ3) is 2.78. The first-order valence-electron chi connectivity index (χ1n) is 5.45. The molecule has 2 rings (SSSR count). The predicted octanol–water partition coefficient (Wildman–Crippen LogP) is 2.06. The van der Waals surface area contributed by atoms with Crippen molar-refractivity contribution in [2.75, 3.05) is 0 Å². The molecule has 1 atom stereocenters. The average Bonchev–Trinajstić information content (AvgIpc) is 2.81. The van der Waals surface area contributed by atoms with E-state index >= 15 is 0 Å². The third-order valence-electron chi connectivity index (χ3n) is 2.82. The number of aliphatic hydroxyl groups is 1. The Hall–Kier alpha value is -1.43. The lowest BCUT2D eigenvalue weighted by molar-refractivity contribution is -0.137. The molecule has 100 valence electrons. The van der Waals surface area contributed by atoms with Gasteiger partial charge in [0, 0.05) is 15.6 Å². The SMILES string of the molecule is CC(=O)C(O)(Cn1cncn1)c1ccc(Cl)cc1Cl. The number of Topliss-reactive ketones (excluding diaryl/α,β-unsaturated/α-hetero) is 1. The lowest BCUT2D eigenvalue weighted by Gasteiger charge is -2.26. The Balaban J connectivity index is 2.47. The molecule has 0 aliphatic rings. The molecule has 0 radical (unpaired) electrons. The fourth-order valence-electron chi connectivity index (χ4n) is 1.76. The highest BCUT2D eigenvalue weighted by Gasteiger charge is 2.37. The van der Waals surface area contributed by atoms with Gasteiger partial charge in [0.2, 0.25) is 0 Å². The summed E-state index contributed by atoms with van der Waals surface area (Å²) in [6, 6.07) is 4.58. The summed E-state index contributed by atoms with van der Waals surface area (Å²) in [4.78, 5) is 15.6. The number of benzene rings is 1. The van der Waals surface area contributed by atoms with Gasteiger partial charge in [-0.15, -0.1) is 0 Å². The number of carbonyl (C=O) groups is 1. The van der Waals surface area contributed by atoms with Crippen LogP contribution < -0.4 is 0 Å². The Morgan fingerprint density at radius 3 is 2.74 bits per heavy atom. The zero-order valence-electron chi connectivity index (χ0n) is 10.0. The van der Waals surface area contributed by atoms with Crippen molar-refractivity contribution in [1.29, 1.82) is 0 Å². The molecule has 0 saturated carbocycles. The van der Waals surface area contributed by atoms with E-state index in [-0.39, 0.29) is 11.6 Å². The lowest BCUT2D eigenvalue weighted by atomic mass is 9.90. The quantitative estimate of drug-likeness (QED) is 0.938. The van der Waals surface area contributed by atoms with Gasteiger partial charge in [-0.1, -0.05) is 29.3 Å². The van der Waals surface area contributed by atoms with Gasteiger partial charge in [-0.2, -0.15) is 5.10 Å². The molecule has 0 amide bonds. The number of halogens is 2. The van der Waals surface area contributed by atoms with Gasteiger partial charge < -0.3 is 5.11 Å². The Morgan fingerprint density at radius 1 is 1.47 bits per heavy atom. The molecule has 19 heavy (non-hydrogen) atoms. The van der Waals surface area contributed by atoms with Crippen molar-refractivity contribution < 1.29 is 9.90 Å². The Labute approximate surface area is 119 Å². The molecule has 1 unspecified atom stereocenters. The summed E-state index contributed by atoms with van der Waals surface area (Å²) in [6.07, 6.45) is 2.74. The van der Waals surface area contributed by atoms with Crippen molar-refractivity contribution in [3.63, 3.8) is 0 Å². The van der Waals surface area contributed by atoms with Crippen LogP contribution in [0, 0.1) is 0 Å². The minimum atomic E-state index is -1.77. The second-order valence-electron chi connectivity index (χ2n) is 4.13. The Kier molecular flexibility index (Phi) is 3.89. The highest BCUT2D eigenvalue weighted by molar-refractivity contribution is 6.35. The smallest absolute Gasteiger partial charge is 0.168 e. The molecule has 0 saturated heterocycles. The van der Waals surface area contributed by atoms with E-state index in [1.807, 2.05) is 0 Å². The number of aromatic nitrogens is 3. The molecule has 1 heterocycles. The first-order chi connectivity index (χ1) is 8.93. The molecular formula is C12H11Cl2N3O2. The van der Waals surface area contributed by atoms with E-state index in [0.717, 1.165) is 0 Å². The number of carbonyl (C=O) groups excluding carboxylic acids is 1. The highest BCUT2D eigenvalue weighted by Crippen LogP contribution is 2.32. The summed E-state index contributed by atoms with van der Waals surface area (Å²) in [7, 11) is 0. The highest BCUT2D eigenvalue weighted by atomic mass is 35.5. The predicted molar refractivity (Wildman–Crippen MR) is 71.1 cm³/mol. The van der Waals surface area contributed by atoms with Crippen molar-refractivity contribution >= 4 is 29.0 Å². The molecule has 0 bridgehead atoms. The van der Waals surface area contributed by atoms with E-state index < -0.39 is 11.4 Å². The topological polar surface area (TPSA) is 68.0 Å². The maximum atomic E-state index is 11.8. The molecule has 0 aliphatic heterocycles. The van der Waals surface area contributed by atoms with Crippen LogP contribution in [0.15, 0.2) is 30.9 Å². The molecule has 0 spiro atoms. The average molecular weight is 300 g/mol. The van der Waals surface area contributed by atoms with Crippen molar-refractivity contribution in [3.8, 4) is 0 Å². The summed E-state index contributed by atoms with van der Waals surface area (Å²) in [5, 5.41) is 15.2. The van der Waals surface area contributed by atoms with Crippen LogP contribution in [-0.2, 0) is 16.9 Å². The van der Waals surface area contributed by atoms with Crippen molar-refractivity contribution in [2.45, 2.75) is 19.1 Å². The van der Waals surface area contributed by atoms with Crippen molar-refractivity contribution in [1.82, 2.24) is 14.8 Å².